The van der Waals surface area contributed by atoms with Gasteiger partial charge in [0.05, 0.1) is 0 Å². The summed E-state index contributed by atoms with van der Waals surface area (Å²) in [6.45, 7) is 13.2. The first-order valence-electron chi connectivity index (χ1n) is 7.54. The van der Waals surface area contributed by atoms with Gasteiger partial charge in [0.2, 0.25) is 8.32 Å². The second-order valence-electron chi connectivity index (χ2n) is 7.37. The average molecular weight is 332 g/mol. The maximum Gasteiger partial charge on any atom is 0.304 e. The van der Waals surface area contributed by atoms with Crippen LogP contribution in [0.5, 0.6) is 6.01 Å². The minimum absolute atomic E-state index is 0.472. The predicted molar refractivity (Wildman–Crippen MR) is 98.4 cm³/mol. The van der Waals surface area contributed by atoms with Crippen LogP contribution >= 0.6 is 0 Å². The summed E-state index contributed by atoms with van der Waals surface area (Å²) in [7, 11) is -3.25. The summed E-state index contributed by atoms with van der Waals surface area (Å²) in [5.74, 6) is 0.869. The summed E-state index contributed by atoms with van der Waals surface area (Å²) in [5.41, 5.74) is 2.13. The van der Waals surface area contributed by atoms with E-state index in [4.69, 9.17) is 4.43 Å². The maximum absolute atomic E-state index is 5.94. The highest BCUT2D eigenvalue weighted by atomic mass is 28.4. The third-order valence-electron chi connectivity index (χ3n) is 2.74. The highest BCUT2D eigenvalue weighted by Crippen LogP contribution is 2.28. The molecule has 1 aromatic carbocycles. The maximum atomic E-state index is 5.94. The molecule has 0 atom stereocenters. The summed E-state index contributed by atoms with van der Waals surface area (Å²) in [5, 5.41) is 0. The zero-order valence-electron chi connectivity index (χ0n) is 14.3. The van der Waals surface area contributed by atoms with Crippen LogP contribution in [0.2, 0.25) is 39.3 Å². The molecule has 0 aliphatic carbocycles. The van der Waals surface area contributed by atoms with Crippen molar-refractivity contribution in [2.45, 2.75) is 39.3 Å². The van der Waals surface area contributed by atoms with E-state index in [9.17, 15) is 0 Å². The van der Waals surface area contributed by atoms with E-state index in [-0.39, 0.29) is 0 Å². The summed E-state index contributed by atoms with van der Waals surface area (Å²) in [6.07, 6.45) is 1.86. The molecule has 0 saturated heterocycles. The van der Waals surface area contributed by atoms with E-state index < -0.39 is 16.6 Å². The quantitative estimate of drug-likeness (QED) is 0.813. The summed E-state index contributed by atoms with van der Waals surface area (Å²) in [4.78, 5) is 12.7. The molecule has 0 bridgehead atoms. The van der Waals surface area contributed by atoms with Gasteiger partial charge >= 0.3 is 6.01 Å². The van der Waals surface area contributed by atoms with Crippen LogP contribution in [0.25, 0.3) is 11.1 Å². The molecule has 118 valence electrons. The second-order valence-corrected chi connectivity index (χ2v) is 16.5. The van der Waals surface area contributed by atoms with Crippen LogP contribution in [-0.4, -0.2) is 26.5 Å². The molecule has 1 aromatic heterocycles. The van der Waals surface area contributed by atoms with Crippen molar-refractivity contribution in [2.75, 3.05) is 4.98 Å². The molecule has 0 unspecified atom stereocenters. The van der Waals surface area contributed by atoms with Gasteiger partial charge < -0.3 is 9.41 Å². The fourth-order valence-corrected chi connectivity index (χ4v) is 3.52. The molecule has 0 spiro atoms. The van der Waals surface area contributed by atoms with Crippen LogP contribution in [0.3, 0.4) is 0 Å². The Hall–Kier alpha value is -1.67. The van der Waals surface area contributed by atoms with Gasteiger partial charge in [0.25, 0.3) is 0 Å². The molecule has 0 amide bonds. The Bertz CT molecular complexity index is 634. The lowest BCUT2D eigenvalue weighted by atomic mass is 10.1. The molecule has 1 N–H and O–H groups in total. The average Bonchev–Trinajstić information content (AvgIpc) is 2.36. The van der Waals surface area contributed by atoms with Crippen molar-refractivity contribution >= 4 is 22.4 Å². The number of rotatable bonds is 5. The van der Waals surface area contributed by atoms with Crippen LogP contribution in [0.4, 0.5) is 5.82 Å². The Balaban J connectivity index is 2.45. The minimum atomic E-state index is -1.72. The normalized spacial score (nSPS) is 12.1. The number of anilines is 1. The zero-order chi connectivity index (χ0) is 16.4. The van der Waals surface area contributed by atoms with Crippen LogP contribution in [-0.2, 0) is 0 Å². The van der Waals surface area contributed by atoms with Crippen molar-refractivity contribution in [1.82, 2.24) is 9.97 Å². The van der Waals surface area contributed by atoms with Gasteiger partial charge in [-0.2, -0.15) is 4.98 Å². The van der Waals surface area contributed by atoms with Crippen molar-refractivity contribution in [3.8, 4) is 17.1 Å². The standard InChI is InChI=1S/C16H25N3OSi2/c1-21(2,3)19-15-14(13-10-8-7-9-11-13)12-17-16(18-15)20-22(4,5)6/h7-12H,1-6H3,(H,17,18,19). The van der Waals surface area contributed by atoms with Gasteiger partial charge in [-0.25, -0.2) is 4.98 Å². The van der Waals surface area contributed by atoms with Gasteiger partial charge in [-0.15, -0.1) is 0 Å². The highest BCUT2D eigenvalue weighted by Gasteiger charge is 2.21. The molecular weight excluding hydrogens is 306 g/mol. The lowest BCUT2D eigenvalue weighted by molar-refractivity contribution is 0.510. The van der Waals surface area contributed by atoms with E-state index in [1.54, 1.807) is 0 Å². The molecule has 22 heavy (non-hydrogen) atoms. The third-order valence-corrected chi connectivity index (χ3v) is 4.52. The van der Waals surface area contributed by atoms with E-state index in [1.165, 1.54) is 0 Å². The van der Waals surface area contributed by atoms with Crippen LogP contribution < -0.4 is 9.41 Å². The third kappa shape index (κ3) is 4.96. The van der Waals surface area contributed by atoms with Gasteiger partial charge in [-0.05, 0) is 25.2 Å². The van der Waals surface area contributed by atoms with Crippen molar-refractivity contribution in [3.63, 3.8) is 0 Å². The van der Waals surface area contributed by atoms with Crippen molar-refractivity contribution in [3.05, 3.63) is 36.5 Å². The van der Waals surface area contributed by atoms with E-state index in [0.29, 0.717) is 6.01 Å². The fourth-order valence-electron chi connectivity index (χ4n) is 1.97. The molecule has 2 rings (SSSR count). The van der Waals surface area contributed by atoms with Gasteiger partial charge in [-0.3, -0.25) is 0 Å². The Morgan fingerprint density at radius 2 is 1.59 bits per heavy atom. The van der Waals surface area contributed by atoms with Gasteiger partial charge in [0.1, 0.15) is 14.1 Å². The number of nitrogens with one attached hydrogen (secondary N) is 1. The molecule has 4 nitrogen and oxygen atoms in total. The van der Waals surface area contributed by atoms with Crippen molar-refractivity contribution in [1.29, 1.82) is 0 Å². The second kappa shape index (κ2) is 6.22. The van der Waals surface area contributed by atoms with Gasteiger partial charge in [-0.1, -0.05) is 50.0 Å². The first-order valence-corrected chi connectivity index (χ1v) is 14.4. The SMILES string of the molecule is C[Si](C)(C)Nc1nc(O[Si](C)(C)C)ncc1-c1ccccc1. The number of hydrogen-bond donors (Lipinski definition) is 1. The molecule has 0 aliphatic rings. The molecule has 0 aliphatic heterocycles. The summed E-state index contributed by atoms with van der Waals surface area (Å²) >= 11 is 0. The Morgan fingerprint density at radius 3 is 2.14 bits per heavy atom. The molecule has 0 saturated carbocycles. The van der Waals surface area contributed by atoms with Crippen molar-refractivity contribution in [2.24, 2.45) is 0 Å². The number of benzene rings is 1. The van der Waals surface area contributed by atoms with E-state index in [1.807, 2.05) is 24.4 Å². The van der Waals surface area contributed by atoms with E-state index in [0.717, 1.165) is 16.9 Å². The lowest BCUT2D eigenvalue weighted by Crippen LogP contribution is -2.34. The highest BCUT2D eigenvalue weighted by molar-refractivity contribution is 6.79. The summed E-state index contributed by atoms with van der Waals surface area (Å²) in [6, 6.07) is 10.7. The Kier molecular flexibility index (Phi) is 4.72. The molecule has 6 heteroatoms. The number of aromatic nitrogens is 2. The van der Waals surface area contributed by atoms with Crippen LogP contribution in [0.15, 0.2) is 36.5 Å². The molecule has 0 radical (unpaired) electrons. The van der Waals surface area contributed by atoms with Gasteiger partial charge in [0, 0.05) is 11.8 Å². The zero-order valence-corrected chi connectivity index (χ0v) is 16.3. The number of hydrogen-bond acceptors (Lipinski definition) is 4. The Labute approximate surface area is 135 Å². The lowest BCUT2D eigenvalue weighted by Gasteiger charge is -2.23. The minimum Gasteiger partial charge on any atom is -0.518 e. The molecule has 0 fully saturated rings. The predicted octanol–water partition coefficient (Wildman–Crippen LogP) is 4.60. The Morgan fingerprint density at radius 1 is 0.955 bits per heavy atom. The molecule has 1 heterocycles. The summed E-state index contributed by atoms with van der Waals surface area (Å²) < 4.78 is 5.94. The van der Waals surface area contributed by atoms with Gasteiger partial charge in [0.15, 0.2) is 0 Å². The van der Waals surface area contributed by atoms with Crippen LogP contribution in [0, 0.1) is 0 Å². The monoisotopic (exact) mass is 331 g/mol. The van der Waals surface area contributed by atoms with E-state index >= 15 is 0 Å². The van der Waals surface area contributed by atoms with Crippen LogP contribution in [0.1, 0.15) is 0 Å². The molecular formula is C16H25N3OSi2. The molecule has 2 aromatic rings. The smallest absolute Gasteiger partial charge is 0.304 e. The van der Waals surface area contributed by atoms with E-state index in [2.05, 4.69) is 66.4 Å². The largest absolute Gasteiger partial charge is 0.518 e. The number of nitrogens with zero attached hydrogens (tertiary/aromatic N) is 2. The fraction of sp³-hybridized carbons (Fsp3) is 0.375. The topological polar surface area (TPSA) is 47.0 Å². The first-order chi connectivity index (χ1) is 10.1. The van der Waals surface area contributed by atoms with Crippen molar-refractivity contribution < 1.29 is 4.43 Å². The first kappa shape index (κ1) is 16.7.